The zero-order valence-corrected chi connectivity index (χ0v) is 18.4. The molecule has 0 bridgehead atoms. The number of amides is 1. The number of nitrogens with zero attached hydrogens (tertiary/aromatic N) is 2. The lowest BCUT2D eigenvalue weighted by Crippen LogP contribution is -2.31. The predicted molar refractivity (Wildman–Crippen MR) is 116 cm³/mol. The molecule has 1 N–H and O–H groups in total. The van der Waals surface area contributed by atoms with Crippen LogP contribution in [0.15, 0.2) is 56.5 Å². The van der Waals surface area contributed by atoms with Gasteiger partial charge in [-0.05, 0) is 73.2 Å². The molecule has 9 heteroatoms. The van der Waals surface area contributed by atoms with Crippen molar-refractivity contribution in [3.63, 3.8) is 0 Å². The summed E-state index contributed by atoms with van der Waals surface area (Å²) in [7, 11) is 1.60. The lowest BCUT2D eigenvalue weighted by atomic mass is 9.73. The molecule has 2 aromatic rings. The van der Waals surface area contributed by atoms with Gasteiger partial charge < -0.3 is 4.74 Å². The fourth-order valence-corrected chi connectivity index (χ4v) is 5.33. The topological polar surface area (TPSA) is 93.8 Å². The Morgan fingerprint density at radius 2 is 1.97 bits per heavy atom. The van der Waals surface area contributed by atoms with Gasteiger partial charge in [0.05, 0.1) is 32.6 Å². The van der Waals surface area contributed by atoms with Crippen LogP contribution in [0.25, 0.3) is 5.57 Å². The first kappa shape index (κ1) is 19.8. The van der Waals surface area contributed by atoms with E-state index in [0.29, 0.717) is 17.9 Å². The number of hydrogen-bond acceptors (Lipinski definition) is 5. The second kappa shape index (κ2) is 7.72. The Labute approximate surface area is 183 Å². The molecule has 2 unspecified atom stereocenters. The standard InChI is InChI=1S/C20H15Br2N3O4/c1-29-19-15(21)7-12(8-16(19)22)11-6-14(18-17(9-11)23-24-20(18)26)10-3-2-4-13(5-10)25(27)28/h2-5,7-9,14,18H,6H2,1H3,(H,24,26). The third kappa shape index (κ3) is 3.60. The molecule has 0 saturated carbocycles. The molecule has 148 valence electrons. The van der Waals surface area contributed by atoms with E-state index in [4.69, 9.17) is 4.74 Å². The van der Waals surface area contributed by atoms with Crippen LogP contribution in [0.1, 0.15) is 23.5 Å². The number of ether oxygens (including phenoxy) is 1. The SMILES string of the molecule is COc1c(Br)cc(C2=CC3=NNC(=O)C3C(c3cccc([N+](=O)[O-])c3)C2)cc1Br. The Balaban J connectivity index is 1.79. The first-order valence-electron chi connectivity index (χ1n) is 8.75. The number of fused-ring (bicyclic) bond motifs is 1. The van der Waals surface area contributed by atoms with Gasteiger partial charge in [0.2, 0.25) is 5.91 Å². The fraction of sp³-hybridized carbons (Fsp3) is 0.200. The second-order valence-electron chi connectivity index (χ2n) is 6.80. The molecule has 1 amide bonds. The molecular weight excluding hydrogens is 506 g/mol. The van der Waals surface area contributed by atoms with Gasteiger partial charge in [-0.1, -0.05) is 12.1 Å². The number of rotatable bonds is 4. The minimum Gasteiger partial charge on any atom is -0.494 e. The highest BCUT2D eigenvalue weighted by Crippen LogP contribution is 2.44. The van der Waals surface area contributed by atoms with Crippen molar-refractivity contribution in [2.75, 3.05) is 7.11 Å². The summed E-state index contributed by atoms with van der Waals surface area (Å²) in [5, 5.41) is 15.4. The molecule has 0 radical (unpaired) electrons. The number of hydrogen-bond donors (Lipinski definition) is 1. The summed E-state index contributed by atoms with van der Waals surface area (Å²) in [6.45, 7) is 0. The van der Waals surface area contributed by atoms with Gasteiger partial charge in [0.15, 0.2) is 0 Å². The van der Waals surface area contributed by atoms with E-state index in [1.54, 1.807) is 13.2 Å². The molecule has 2 aliphatic rings. The molecule has 0 fully saturated rings. The summed E-state index contributed by atoms with van der Waals surface area (Å²) in [5.74, 6) is -0.223. The molecule has 29 heavy (non-hydrogen) atoms. The zero-order valence-electron chi connectivity index (χ0n) is 15.2. The van der Waals surface area contributed by atoms with E-state index in [2.05, 4.69) is 42.4 Å². The number of methoxy groups -OCH3 is 1. The van der Waals surface area contributed by atoms with E-state index in [1.807, 2.05) is 24.3 Å². The van der Waals surface area contributed by atoms with Gasteiger partial charge in [0.1, 0.15) is 5.75 Å². The van der Waals surface area contributed by atoms with Crippen molar-refractivity contribution in [1.82, 2.24) is 5.43 Å². The molecule has 1 aliphatic heterocycles. The van der Waals surface area contributed by atoms with Crippen molar-refractivity contribution in [2.24, 2.45) is 11.0 Å². The Morgan fingerprint density at radius 1 is 1.24 bits per heavy atom. The number of non-ortho nitro benzene ring substituents is 1. The first-order chi connectivity index (χ1) is 13.9. The summed E-state index contributed by atoms with van der Waals surface area (Å²) >= 11 is 7.04. The van der Waals surface area contributed by atoms with Crippen LogP contribution in [0.5, 0.6) is 5.75 Å². The summed E-state index contributed by atoms with van der Waals surface area (Å²) in [6.07, 6.45) is 2.46. The second-order valence-corrected chi connectivity index (χ2v) is 8.50. The van der Waals surface area contributed by atoms with Gasteiger partial charge in [0.25, 0.3) is 5.69 Å². The summed E-state index contributed by atoms with van der Waals surface area (Å²) in [4.78, 5) is 23.2. The lowest BCUT2D eigenvalue weighted by Gasteiger charge is -2.28. The molecular formula is C20H15Br2N3O4. The van der Waals surface area contributed by atoms with E-state index in [-0.39, 0.29) is 17.5 Å². The maximum absolute atomic E-state index is 12.4. The molecule has 4 rings (SSSR count). The van der Waals surface area contributed by atoms with Crippen LogP contribution in [0.3, 0.4) is 0 Å². The first-order valence-corrected chi connectivity index (χ1v) is 10.3. The number of halogens is 2. The van der Waals surface area contributed by atoms with Crippen LogP contribution in [0.4, 0.5) is 5.69 Å². The van der Waals surface area contributed by atoms with E-state index in [0.717, 1.165) is 25.6 Å². The average molecular weight is 521 g/mol. The van der Waals surface area contributed by atoms with Crippen LogP contribution < -0.4 is 10.2 Å². The van der Waals surface area contributed by atoms with Crippen molar-refractivity contribution < 1.29 is 14.5 Å². The molecule has 2 atom stereocenters. The van der Waals surface area contributed by atoms with Gasteiger partial charge in [-0.15, -0.1) is 0 Å². The van der Waals surface area contributed by atoms with Crippen LogP contribution in [0, 0.1) is 16.0 Å². The van der Waals surface area contributed by atoms with Crippen molar-refractivity contribution in [3.05, 3.63) is 72.7 Å². The number of nitro groups is 1. The number of nitrogens with one attached hydrogen (secondary N) is 1. The molecule has 0 spiro atoms. The average Bonchev–Trinajstić information content (AvgIpc) is 3.08. The lowest BCUT2D eigenvalue weighted by molar-refractivity contribution is -0.384. The van der Waals surface area contributed by atoms with Crippen LogP contribution in [0.2, 0.25) is 0 Å². The minimum absolute atomic E-state index is 0.00503. The predicted octanol–water partition coefficient (Wildman–Crippen LogP) is 4.80. The van der Waals surface area contributed by atoms with Gasteiger partial charge in [-0.3, -0.25) is 14.9 Å². The van der Waals surface area contributed by atoms with E-state index < -0.39 is 10.8 Å². The third-order valence-electron chi connectivity index (χ3n) is 5.14. The van der Waals surface area contributed by atoms with Crippen molar-refractivity contribution in [3.8, 4) is 5.75 Å². The number of hydrazone groups is 1. The Hall–Kier alpha value is -2.52. The van der Waals surface area contributed by atoms with Crippen LogP contribution in [-0.2, 0) is 4.79 Å². The smallest absolute Gasteiger partial charge is 0.269 e. The largest absolute Gasteiger partial charge is 0.494 e. The number of benzene rings is 2. The van der Waals surface area contributed by atoms with E-state index >= 15 is 0 Å². The normalized spacial score (nSPS) is 20.4. The zero-order chi connectivity index (χ0) is 20.7. The molecule has 7 nitrogen and oxygen atoms in total. The quantitative estimate of drug-likeness (QED) is 0.462. The van der Waals surface area contributed by atoms with Gasteiger partial charge in [0, 0.05) is 18.1 Å². The van der Waals surface area contributed by atoms with Crippen molar-refractivity contribution in [2.45, 2.75) is 12.3 Å². The highest BCUT2D eigenvalue weighted by molar-refractivity contribution is 9.11. The maximum atomic E-state index is 12.4. The number of carbonyl (C=O) groups is 1. The van der Waals surface area contributed by atoms with Gasteiger partial charge in [-0.2, -0.15) is 5.10 Å². The van der Waals surface area contributed by atoms with Crippen molar-refractivity contribution >= 4 is 54.7 Å². The monoisotopic (exact) mass is 519 g/mol. The Bertz CT molecular complexity index is 1070. The molecule has 1 heterocycles. The molecule has 0 aromatic heterocycles. The highest BCUT2D eigenvalue weighted by Gasteiger charge is 2.41. The summed E-state index contributed by atoms with van der Waals surface area (Å²) in [6, 6.07) is 10.4. The van der Waals surface area contributed by atoms with Crippen molar-refractivity contribution in [1.29, 1.82) is 0 Å². The highest BCUT2D eigenvalue weighted by atomic mass is 79.9. The fourth-order valence-electron chi connectivity index (χ4n) is 3.82. The van der Waals surface area contributed by atoms with Crippen LogP contribution >= 0.6 is 31.9 Å². The van der Waals surface area contributed by atoms with Crippen LogP contribution in [-0.4, -0.2) is 23.7 Å². The minimum atomic E-state index is -0.467. The van der Waals surface area contributed by atoms with Gasteiger partial charge in [-0.25, -0.2) is 5.43 Å². The number of carbonyl (C=O) groups excluding carboxylic acids is 1. The summed E-state index contributed by atoms with van der Waals surface area (Å²) < 4.78 is 6.96. The summed E-state index contributed by atoms with van der Waals surface area (Å²) in [5.41, 5.74) is 5.85. The third-order valence-corrected chi connectivity index (χ3v) is 6.32. The molecule has 0 saturated heterocycles. The number of allylic oxidation sites excluding steroid dienone is 2. The Morgan fingerprint density at radius 3 is 2.62 bits per heavy atom. The molecule has 1 aliphatic carbocycles. The maximum Gasteiger partial charge on any atom is 0.269 e. The van der Waals surface area contributed by atoms with Gasteiger partial charge >= 0.3 is 0 Å². The van der Waals surface area contributed by atoms with E-state index in [1.165, 1.54) is 12.1 Å². The Kier molecular flexibility index (Phi) is 5.26. The van der Waals surface area contributed by atoms with E-state index in [9.17, 15) is 14.9 Å². The number of nitro benzene ring substituents is 1. The molecule has 2 aromatic carbocycles.